The number of fused-ring (bicyclic) bond motifs is 1. The van der Waals surface area contributed by atoms with Crippen LogP contribution in [0.4, 0.5) is 0 Å². The summed E-state index contributed by atoms with van der Waals surface area (Å²) in [6, 6.07) is 3.94. The molecule has 3 nitrogen and oxygen atoms in total. The first kappa shape index (κ1) is 13.2. The van der Waals surface area contributed by atoms with Crippen LogP contribution in [0.15, 0.2) is 12.1 Å². The molecule has 0 aromatic heterocycles. The van der Waals surface area contributed by atoms with E-state index in [1.165, 1.54) is 5.56 Å². The van der Waals surface area contributed by atoms with E-state index in [1.54, 1.807) is 0 Å². The van der Waals surface area contributed by atoms with Crippen molar-refractivity contribution in [2.45, 2.75) is 44.2 Å². The Kier molecular flexibility index (Phi) is 3.46. The van der Waals surface area contributed by atoms with Crippen molar-refractivity contribution in [3.63, 3.8) is 0 Å². The van der Waals surface area contributed by atoms with Crippen molar-refractivity contribution in [3.05, 3.63) is 28.3 Å². The fraction of sp³-hybridized carbons (Fsp3) is 0.600. The van der Waals surface area contributed by atoms with Crippen LogP contribution in [0.25, 0.3) is 0 Å². The lowest BCUT2D eigenvalue weighted by molar-refractivity contribution is -0.00100. The number of hydrogen-bond donors (Lipinski definition) is 1. The zero-order valence-corrected chi connectivity index (χ0v) is 12.0. The first-order valence-corrected chi connectivity index (χ1v) is 7.30. The normalized spacial score (nSPS) is 27.1. The van der Waals surface area contributed by atoms with Crippen molar-refractivity contribution in [1.82, 2.24) is 0 Å². The minimum Gasteiger partial charge on any atom is -0.493 e. The lowest BCUT2D eigenvalue weighted by atomic mass is 9.88. The number of ether oxygens (including phenoxy) is 2. The summed E-state index contributed by atoms with van der Waals surface area (Å²) >= 11 is 6.18. The average Bonchev–Trinajstić information content (AvgIpc) is 2.98. The topological polar surface area (TPSA) is 44.5 Å². The van der Waals surface area contributed by atoms with Gasteiger partial charge in [-0.3, -0.25) is 0 Å². The quantitative estimate of drug-likeness (QED) is 0.926. The molecule has 0 aliphatic carbocycles. The highest BCUT2D eigenvalue weighted by atomic mass is 35.5. The molecule has 104 valence electrons. The molecule has 1 fully saturated rings. The second-order valence-corrected chi connectivity index (χ2v) is 6.16. The average molecular weight is 282 g/mol. The van der Waals surface area contributed by atoms with Gasteiger partial charge in [0.2, 0.25) is 0 Å². The Balaban J connectivity index is 1.83. The maximum Gasteiger partial charge on any atom is 0.125 e. The molecular weight excluding hydrogens is 262 g/mol. The van der Waals surface area contributed by atoms with Gasteiger partial charge in [-0.15, -0.1) is 0 Å². The largest absolute Gasteiger partial charge is 0.493 e. The van der Waals surface area contributed by atoms with Gasteiger partial charge in [0.15, 0.2) is 0 Å². The molecular formula is C15H20ClNO2. The van der Waals surface area contributed by atoms with Crippen molar-refractivity contribution < 1.29 is 9.47 Å². The molecule has 1 saturated heterocycles. The second-order valence-electron chi connectivity index (χ2n) is 5.73. The molecule has 2 aliphatic heterocycles. The maximum atomic E-state index is 6.37. The van der Waals surface area contributed by atoms with E-state index >= 15 is 0 Å². The fourth-order valence-corrected chi connectivity index (χ4v) is 3.31. The summed E-state index contributed by atoms with van der Waals surface area (Å²) in [5.74, 6) is 0.987. The predicted molar refractivity (Wildman–Crippen MR) is 75.9 cm³/mol. The molecule has 19 heavy (non-hydrogen) atoms. The summed E-state index contributed by atoms with van der Waals surface area (Å²) in [5.41, 5.74) is 8.47. The van der Waals surface area contributed by atoms with Crippen LogP contribution in [0.3, 0.4) is 0 Å². The molecule has 0 radical (unpaired) electrons. The minimum atomic E-state index is -0.214. The molecule has 2 heterocycles. The number of hydrogen-bond acceptors (Lipinski definition) is 3. The van der Waals surface area contributed by atoms with Crippen LogP contribution >= 0.6 is 11.6 Å². The molecule has 4 heteroatoms. The Hall–Kier alpha value is -0.770. The van der Waals surface area contributed by atoms with E-state index < -0.39 is 0 Å². The molecule has 0 spiro atoms. The number of rotatable bonds is 3. The van der Waals surface area contributed by atoms with Gasteiger partial charge in [0.25, 0.3) is 0 Å². The zero-order chi connectivity index (χ0) is 13.5. The molecule has 0 amide bonds. The summed E-state index contributed by atoms with van der Waals surface area (Å²) in [7, 11) is 0. The minimum absolute atomic E-state index is 0.0261. The highest BCUT2D eigenvalue weighted by Gasteiger charge is 2.36. The smallest absolute Gasteiger partial charge is 0.125 e. The van der Waals surface area contributed by atoms with Crippen molar-refractivity contribution >= 4 is 11.6 Å². The fourth-order valence-electron chi connectivity index (χ4n) is 3.04. The van der Waals surface area contributed by atoms with E-state index in [-0.39, 0.29) is 11.6 Å². The van der Waals surface area contributed by atoms with E-state index in [9.17, 15) is 0 Å². The third kappa shape index (κ3) is 2.47. The van der Waals surface area contributed by atoms with Crippen molar-refractivity contribution in [1.29, 1.82) is 0 Å². The van der Waals surface area contributed by atoms with Gasteiger partial charge in [-0.05, 0) is 49.4 Å². The van der Waals surface area contributed by atoms with Gasteiger partial charge in [0.1, 0.15) is 5.75 Å². The Bertz CT molecular complexity index is 483. The first-order chi connectivity index (χ1) is 9.08. The van der Waals surface area contributed by atoms with Gasteiger partial charge in [0, 0.05) is 24.1 Å². The second kappa shape index (κ2) is 4.97. The standard InChI is InChI=1S/C15H20ClNO2/c1-15(4-2-5-19-15)13(17)9-11-8-12(16)7-10-3-6-18-14(10)11/h7-8,13H,2-6,9,17H2,1H3. The van der Waals surface area contributed by atoms with Crippen molar-refractivity contribution in [2.75, 3.05) is 13.2 Å². The van der Waals surface area contributed by atoms with Crippen LogP contribution in [0.1, 0.15) is 30.9 Å². The Morgan fingerprint density at radius 1 is 1.42 bits per heavy atom. The number of halogens is 1. The molecule has 2 atom stereocenters. The monoisotopic (exact) mass is 281 g/mol. The molecule has 3 rings (SSSR count). The Labute approximate surface area is 119 Å². The lowest BCUT2D eigenvalue weighted by Gasteiger charge is -2.30. The van der Waals surface area contributed by atoms with Crippen molar-refractivity contribution in [2.24, 2.45) is 5.73 Å². The first-order valence-electron chi connectivity index (χ1n) is 6.92. The van der Waals surface area contributed by atoms with Crippen LogP contribution in [0.5, 0.6) is 5.75 Å². The van der Waals surface area contributed by atoms with E-state index in [1.807, 2.05) is 12.1 Å². The SMILES string of the molecule is CC1(C(N)Cc2cc(Cl)cc3c2OCC3)CCCO1. The van der Waals surface area contributed by atoms with E-state index in [0.717, 1.165) is 55.2 Å². The highest BCUT2D eigenvalue weighted by Crippen LogP contribution is 2.36. The summed E-state index contributed by atoms with van der Waals surface area (Å²) < 4.78 is 11.6. The Morgan fingerprint density at radius 3 is 3.00 bits per heavy atom. The molecule has 0 saturated carbocycles. The molecule has 2 N–H and O–H groups in total. The van der Waals surface area contributed by atoms with Gasteiger partial charge < -0.3 is 15.2 Å². The lowest BCUT2D eigenvalue weighted by Crippen LogP contribution is -2.46. The van der Waals surface area contributed by atoms with Gasteiger partial charge in [-0.1, -0.05) is 11.6 Å². The molecule has 0 bridgehead atoms. The van der Waals surface area contributed by atoms with Crippen LogP contribution in [0, 0.1) is 0 Å². The number of nitrogens with two attached hydrogens (primary N) is 1. The van der Waals surface area contributed by atoms with E-state index in [0.29, 0.717) is 0 Å². The van der Waals surface area contributed by atoms with Crippen LogP contribution in [-0.2, 0) is 17.6 Å². The van der Waals surface area contributed by atoms with Gasteiger partial charge in [-0.2, -0.15) is 0 Å². The van der Waals surface area contributed by atoms with E-state index in [4.69, 9.17) is 26.8 Å². The number of benzene rings is 1. The molecule has 2 unspecified atom stereocenters. The molecule has 1 aromatic carbocycles. The third-order valence-electron chi connectivity index (χ3n) is 4.30. The molecule has 1 aromatic rings. The molecule has 2 aliphatic rings. The zero-order valence-electron chi connectivity index (χ0n) is 11.2. The van der Waals surface area contributed by atoms with Crippen LogP contribution in [-0.4, -0.2) is 24.9 Å². The van der Waals surface area contributed by atoms with Crippen molar-refractivity contribution in [3.8, 4) is 5.75 Å². The summed E-state index contributed by atoms with van der Waals surface area (Å²) in [6.07, 6.45) is 3.80. The summed E-state index contributed by atoms with van der Waals surface area (Å²) in [6.45, 7) is 3.66. The summed E-state index contributed by atoms with van der Waals surface area (Å²) in [4.78, 5) is 0. The van der Waals surface area contributed by atoms with E-state index in [2.05, 4.69) is 6.92 Å². The summed E-state index contributed by atoms with van der Waals surface area (Å²) in [5, 5.41) is 0.768. The maximum absolute atomic E-state index is 6.37. The highest BCUT2D eigenvalue weighted by molar-refractivity contribution is 6.30. The van der Waals surface area contributed by atoms with Crippen LogP contribution < -0.4 is 10.5 Å². The Morgan fingerprint density at radius 2 is 2.26 bits per heavy atom. The predicted octanol–water partition coefficient (Wildman–Crippen LogP) is 2.71. The van der Waals surface area contributed by atoms with Gasteiger partial charge in [0.05, 0.1) is 12.2 Å². The van der Waals surface area contributed by atoms with Gasteiger partial charge in [-0.25, -0.2) is 0 Å². The van der Waals surface area contributed by atoms with Gasteiger partial charge >= 0.3 is 0 Å². The van der Waals surface area contributed by atoms with Crippen LogP contribution in [0.2, 0.25) is 5.02 Å². The third-order valence-corrected chi connectivity index (χ3v) is 4.52.